The van der Waals surface area contributed by atoms with E-state index in [0.717, 1.165) is 38.1 Å². The molecule has 0 aromatic heterocycles. The Kier molecular flexibility index (Phi) is 4.62. The van der Waals surface area contributed by atoms with E-state index in [1.165, 1.54) is 6.07 Å². The number of halogens is 1. The molecule has 0 bridgehead atoms. The number of nitrogen functional groups attached to an aromatic ring is 1. The number of benzene rings is 1. The SMILES string of the molecule is CC(CN1CCCC1)NS(=O)(=O)c1cc(N)cc(F)c1. The third kappa shape index (κ3) is 3.91. The molecular formula is C13H20FN3O2S. The van der Waals surface area contributed by atoms with Crippen molar-refractivity contribution in [1.29, 1.82) is 0 Å². The number of likely N-dealkylation sites (tertiary alicyclic amines) is 1. The molecule has 1 aromatic carbocycles. The topological polar surface area (TPSA) is 75.4 Å². The monoisotopic (exact) mass is 301 g/mol. The molecule has 1 heterocycles. The van der Waals surface area contributed by atoms with Crippen molar-refractivity contribution in [3.63, 3.8) is 0 Å². The fourth-order valence-corrected chi connectivity index (χ4v) is 3.76. The lowest BCUT2D eigenvalue weighted by Gasteiger charge is -2.21. The molecule has 0 radical (unpaired) electrons. The Bertz CT molecular complexity index is 551. The van der Waals surface area contributed by atoms with Crippen molar-refractivity contribution in [2.24, 2.45) is 0 Å². The standard InChI is InChI=1S/C13H20FN3O2S/c1-10(9-17-4-2-3-5-17)16-20(18,19)13-7-11(14)6-12(15)8-13/h6-8,10,16H,2-5,9,15H2,1H3. The highest BCUT2D eigenvalue weighted by molar-refractivity contribution is 7.89. The molecule has 20 heavy (non-hydrogen) atoms. The molecule has 112 valence electrons. The molecule has 5 nitrogen and oxygen atoms in total. The Balaban J connectivity index is 2.05. The molecular weight excluding hydrogens is 281 g/mol. The number of nitrogens with one attached hydrogen (secondary N) is 1. The van der Waals surface area contributed by atoms with Crippen molar-refractivity contribution in [3.05, 3.63) is 24.0 Å². The predicted molar refractivity (Wildman–Crippen MR) is 76.3 cm³/mol. The van der Waals surface area contributed by atoms with Crippen molar-refractivity contribution in [2.45, 2.75) is 30.7 Å². The van der Waals surface area contributed by atoms with Crippen molar-refractivity contribution in [2.75, 3.05) is 25.4 Å². The molecule has 2 rings (SSSR count). The van der Waals surface area contributed by atoms with E-state index in [2.05, 4.69) is 9.62 Å². The minimum Gasteiger partial charge on any atom is -0.399 e. The highest BCUT2D eigenvalue weighted by atomic mass is 32.2. The Morgan fingerprint density at radius 1 is 1.35 bits per heavy atom. The smallest absolute Gasteiger partial charge is 0.241 e. The van der Waals surface area contributed by atoms with Gasteiger partial charge in [-0.15, -0.1) is 0 Å². The van der Waals surface area contributed by atoms with Crippen molar-refractivity contribution >= 4 is 15.7 Å². The van der Waals surface area contributed by atoms with Gasteiger partial charge in [0.2, 0.25) is 10.0 Å². The maximum atomic E-state index is 13.2. The largest absolute Gasteiger partial charge is 0.399 e. The number of rotatable bonds is 5. The van der Waals surface area contributed by atoms with Gasteiger partial charge >= 0.3 is 0 Å². The highest BCUT2D eigenvalue weighted by Crippen LogP contribution is 2.16. The Labute approximate surface area is 119 Å². The van der Waals surface area contributed by atoms with Crippen LogP contribution >= 0.6 is 0 Å². The first-order valence-electron chi connectivity index (χ1n) is 6.67. The van der Waals surface area contributed by atoms with E-state index in [-0.39, 0.29) is 16.6 Å². The van der Waals surface area contributed by atoms with E-state index in [1.54, 1.807) is 6.92 Å². The van der Waals surface area contributed by atoms with E-state index < -0.39 is 15.8 Å². The number of hydrogen-bond donors (Lipinski definition) is 2. The summed E-state index contributed by atoms with van der Waals surface area (Å²) in [4.78, 5) is 2.08. The van der Waals surface area contributed by atoms with Gasteiger partial charge in [-0.1, -0.05) is 0 Å². The molecule has 0 aliphatic carbocycles. The van der Waals surface area contributed by atoms with E-state index in [0.29, 0.717) is 6.54 Å². The van der Waals surface area contributed by atoms with Crippen LogP contribution in [0.3, 0.4) is 0 Å². The van der Waals surface area contributed by atoms with E-state index in [1.807, 2.05) is 0 Å². The van der Waals surface area contributed by atoms with Crippen molar-refractivity contribution < 1.29 is 12.8 Å². The maximum Gasteiger partial charge on any atom is 0.241 e. The molecule has 0 amide bonds. The van der Waals surface area contributed by atoms with Gasteiger partial charge in [-0.3, -0.25) is 0 Å². The minimum atomic E-state index is -3.74. The average molecular weight is 301 g/mol. The van der Waals surface area contributed by atoms with Crippen LogP contribution in [0.1, 0.15) is 19.8 Å². The van der Waals surface area contributed by atoms with Gasteiger partial charge in [-0.25, -0.2) is 17.5 Å². The van der Waals surface area contributed by atoms with Crippen molar-refractivity contribution in [3.8, 4) is 0 Å². The fraction of sp³-hybridized carbons (Fsp3) is 0.538. The Hall–Kier alpha value is -1.18. The summed E-state index contributed by atoms with van der Waals surface area (Å²) in [6.45, 7) is 4.46. The van der Waals surface area contributed by atoms with Crippen LogP contribution in [-0.4, -0.2) is 39.0 Å². The molecule has 3 N–H and O–H groups in total. The first kappa shape index (κ1) is 15.2. The van der Waals surface area contributed by atoms with Gasteiger partial charge in [0, 0.05) is 18.3 Å². The van der Waals surface area contributed by atoms with Crippen molar-refractivity contribution in [1.82, 2.24) is 9.62 Å². The third-order valence-electron chi connectivity index (χ3n) is 3.29. The summed E-state index contributed by atoms with van der Waals surface area (Å²) >= 11 is 0. The lowest BCUT2D eigenvalue weighted by Crippen LogP contribution is -2.41. The van der Waals surface area contributed by atoms with Crippen LogP contribution in [0.15, 0.2) is 23.1 Å². The van der Waals surface area contributed by atoms with E-state index >= 15 is 0 Å². The molecule has 1 fully saturated rings. The number of nitrogens with zero attached hydrogens (tertiary/aromatic N) is 1. The average Bonchev–Trinajstić information content (AvgIpc) is 2.79. The number of sulfonamides is 1. The molecule has 1 unspecified atom stereocenters. The number of nitrogens with two attached hydrogens (primary N) is 1. The second kappa shape index (κ2) is 6.07. The first-order valence-corrected chi connectivity index (χ1v) is 8.16. The normalized spacial score (nSPS) is 18.3. The van der Waals surface area contributed by atoms with E-state index in [4.69, 9.17) is 5.73 Å². The van der Waals surface area contributed by atoms with Gasteiger partial charge in [0.1, 0.15) is 5.82 Å². The summed E-state index contributed by atoms with van der Waals surface area (Å²) in [7, 11) is -3.74. The third-order valence-corrected chi connectivity index (χ3v) is 4.86. The lowest BCUT2D eigenvalue weighted by atomic mass is 10.3. The van der Waals surface area contributed by atoms with Crippen LogP contribution in [0.4, 0.5) is 10.1 Å². The maximum absolute atomic E-state index is 13.2. The van der Waals surface area contributed by atoms with Gasteiger partial charge in [-0.2, -0.15) is 0 Å². The van der Waals surface area contributed by atoms with Gasteiger partial charge in [0.15, 0.2) is 0 Å². The first-order chi connectivity index (χ1) is 9.37. The van der Waals surface area contributed by atoms with Crippen LogP contribution in [0, 0.1) is 5.82 Å². The van der Waals surface area contributed by atoms with Crippen LogP contribution in [0.2, 0.25) is 0 Å². The molecule has 1 aromatic rings. The van der Waals surface area contributed by atoms with Gasteiger partial charge in [0.05, 0.1) is 4.90 Å². The van der Waals surface area contributed by atoms with Crippen LogP contribution in [-0.2, 0) is 10.0 Å². The summed E-state index contributed by atoms with van der Waals surface area (Å²) in [6.07, 6.45) is 2.31. The zero-order valence-corrected chi connectivity index (χ0v) is 12.3. The summed E-state index contributed by atoms with van der Waals surface area (Å²) in [5, 5.41) is 0. The quantitative estimate of drug-likeness (QED) is 0.801. The Morgan fingerprint density at radius 3 is 2.60 bits per heavy atom. The molecule has 0 spiro atoms. The predicted octanol–water partition coefficient (Wildman–Crippen LogP) is 1.17. The molecule has 1 aliphatic heterocycles. The highest BCUT2D eigenvalue weighted by Gasteiger charge is 2.21. The molecule has 7 heteroatoms. The zero-order chi connectivity index (χ0) is 14.8. The Morgan fingerprint density at radius 2 is 2.00 bits per heavy atom. The summed E-state index contributed by atoms with van der Waals surface area (Å²) in [5.74, 6) is -0.655. The number of anilines is 1. The van der Waals surface area contributed by atoms with Crippen LogP contribution in [0.25, 0.3) is 0 Å². The lowest BCUT2D eigenvalue weighted by molar-refractivity contribution is 0.312. The summed E-state index contributed by atoms with van der Waals surface area (Å²) in [6, 6.07) is 3.09. The fourth-order valence-electron chi connectivity index (χ4n) is 2.46. The molecule has 1 saturated heterocycles. The molecule has 1 atom stereocenters. The second-order valence-electron chi connectivity index (χ2n) is 5.25. The van der Waals surface area contributed by atoms with Crippen LogP contribution in [0.5, 0.6) is 0 Å². The minimum absolute atomic E-state index is 0.0950. The zero-order valence-electron chi connectivity index (χ0n) is 11.5. The second-order valence-corrected chi connectivity index (χ2v) is 6.96. The van der Waals surface area contributed by atoms with Gasteiger partial charge < -0.3 is 10.6 Å². The summed E-state index contributed by atoms with van der Waals surface area (Å²) in [5.41, 5.74) is 5.57. The van der Waals surface area contributed by atoms with Crippen LogP contribution < -0.4 is 10.5 Å². The number of hydrogen-bond acceptors (Lipinski definition) is 4. The van der Waals surface area contributed by atoms with Gasteiger partial charge in [0.25, 0.3) is 0 Å². The van der Waals surface area contributed by atoms with E-state index in [9.17, 15) is 12.8 Å². The molecule has 1 aliphatic rings. The van der Waals surface area contributed by atoms with Gasteiger partial charge in [-0.05, 0) is 51.1 Å². The molecule has 0 saturated carbocycles. The summed E-state index contributed by atoms with van der Waals surface area (Å²) < 4.78 is 40.1.